The second kappa shape index (κ2) is 2.91. The van der Waals surface area contributed by atoms with Gasteiger partial charge in [0.25, 0.3) is 0 Å². The van der Waals surface area contributed by atoms with Gasteiger partial charge in [0.1, 0.15) is 0 Å². The van der Waals surface area contributed by atoms with E-state index in [-0.39, 0.29) is 11.8 Å². The number of hydrogen-bond donors (Lipinski definition) is 1. The van der Waals surface area contributed by atoms with E-state index >= 15 is 0 Å². The summed E-state index contributed by atoms with van der Waals surface area (Å²) in [5, 5.41) is 2.79. The zero-order chi connectivity index (χ0) is 8.43. The van der Waals surface area contributed by atoms with E-state index in [4.69, 9.17) is 0 Å². The maximum Gasteiger partial charge on any atom is 0.230 e. The highest BCUT2D eigenvalue weighted by molar-refractivity contribution is 5.82. The summed E-state index contributed by atoms with van der Waals surface area (Å²) in [7, 11) is 0. The first-order valence-corrected chi connectivity index (χ1v) is 3.77. The third kappa shape index (κ3) is 1.93. The van der Waals surface area contributed by atoms with Crippen LogP contribution in [0.25, 0.3) is 0 Å². The quantitative estimate of drug-likeness (QED) is 0.559. The van der Waals surface area contributed by atoms with Crippen molar-refractivity contribution in [3.8, 4) is 0 Å². The van der Waals surface area contributed by atoms with Crippen molar-refractivity contribution in [3.05, 3.63) is 23.4 Å². The Balaban J connectivity index is 2.90. The molecule has 1 aliphatic rings. The lowest BCUT2D eigenvalue weighted by atomic mass is 10.1. The molecular formula is C9H13NO. The summed E-state index contributed by atoms with van der Waals surface area (Å²) in [5.41, 5.74) is 2.07. The van der Waals surface area contributed by atoms with Crippen LogP contribution in [0.5, 0.6) is 0 Å². The summed E-state index contributed by atoms with van der Waals surface area (Å²) in [5.74, 6) is 0.0688. The van der Waals surface area contributed by atoms with Gasteiger partial charge < -0.3 is 5.32 Å². The molecule has 1 aliphatic heterocycles. The largest absolute Gasteiger partial charge is 0.330 e. The van der Waals surface area contributed by atoms with Gasteiger partial charge in [-0.3, -0.25) is 4.79 Å². The Labute approximate surface area is 67.0 Å². The van der Waals surface area contributed by atoms with Crippen molar-refractivity contribution in [1.82, 2.24) is 5.32 Å². The van der Waals surface area contributed by atoms with E-state index in [0.29, 0.717) is 0 Å². The van der Waals surface area contributed by atoms with E-state index in [9.17, 15) is 4.79 Å². The molecule has 0 aromatic rings. The highest BCUT2D eigenvalue weighted by Gasteiger charge is 2.12. The van der Waals surface area contributed by atoms with E-state index in [2.05, 4.69) is 5.32 Å². The highest BCUT2D eigenvalue weighted by atomic mass is 16.1. The van der Waals surface area contributed by atoms with Crippen molar-refractivity contribution >= 4 is 5.91 Å². The maximum atomic E-state index is 11.2. The van der Waals surface area contributed by atoms with Crippen LogP contribution in [0.15, 0.2) is 23.4 Å². The maximum absolute atomic E-state index is 11.2. The smallest absolute Gasteiger partial charge is 0.230 e. The molecule has 0 radical (unpaired) electrons. The molecule has 0 saturated heterocycles. The van der Waals surface area contributed by atoms with E-state index in [0.717, 1.165) is 11.3 Å². The molecule has 0 spiro atoms. The number of carbonyl (C=O) groups excluding carboxylic acids is 1. The van der Waals surface area contributed by atoms with E-state index in [1.807, 2.05) is 32.9 Å². The molecule has 1 rings (SSSR count). The summed E-state index contributed by atoms with van der Waals surface area (Å²) in [6.45, 7) is 5.79. The predicted octanol–water partition coefficient (Wildman–Crippen LogP) is 1.60. The van der Waals surface area contributed by atoms with Crippen molar-refractivity contribution in [3.63, 3.8) is 0 Å². The first kappa shape index (κ1) is 8.05. The predicted molar refractivity (Wildman–Crippen MR) is 44.8 cm³/mol. The molecule has 1 atom stereocenters. The molecule has 0 aromatic heterocycles. The fourth-order valence-corrected chi connectivity index (χ4v) is 1.20. The summed E-state index contributed by atoms with van der Waals surface area (Å²) >= 11 is 0. The van der Waals surface area contributed by atoms with Crippen molar-refractivity contribution < 1.29 is 4.79 Å². The lowest BCUT2D eigenvalue weighted by Gasteiger charge is -2.04. The molecule has 2 nitrogen and oxygen atoms in total. The van der Waals surface area contributed by atoms with Crippen molar-refractivity contribution in [2.75, 3.05) is 0 Å². The van der Waals surface area contributed by atoms with Gasteiger partial charge in [-0.15, -0.1) is 0 Å². The fourth-order valence-electron chi connectivity index (χ4n) is 1.20. The van der Waals surface area contributed by atoms with Gasteiger partial charge in [-0.25, -0.2) is 0 Å². The molecule has 0 unspecified atom stereocenters. The van der Waals surface area contributed by atoms with Crippen LogP contribution in [0.4, 0.5) is 0 Å². The minimum atomic E-state index is -0.0105. The molecule has 0 bridgehead atoms. The monoisotopic (exact) mass is 151 g/mol. The summed E-state index contributed by atoms with van der Waals surface area (Å²) in [6.07, 6.45) is 3.94. The number of hydrogen-bond acceptors (Lipinski definition) is 1. The first-order chi connectivity index (χ1) is 5.09. The Kier molecular flexibility index (Phi) is 2.13. The van der Waals surface area contributed by atoms with Gasteiger partial charge in [0, 0.05) is 5.70 Å². The summed E-state index contributed by atoms with van der Waals surface area (Å²) in [4.78, 5) is 11.2. The van der Waals surface area contributed by atoms with Crippen molar-refractivity contribution in [2.45, 2.75) is 20.8 Å². The minimum Gasteiger partial charge on any atom is -0.330 e. The van der Waals surface area contributed by atoms with Crippen LogP contribution < -0.4 is 5.32 Å². The normalized spacial score (nSPS) is 25.0. The molecule has 0 aliphatic carbocycles. The Hall–Kier alpha value is -1.05. The van der Waals surface area contributed by atoms with Crippen LogP contribution in [0.2, 0.25) is 0 Å². The van der Waals surface area contributed by atoms with Crippen LogP contribution in [0.1, 0.15) is 20.8 Å². The van der Waals surface area contributed by atoms with Crippen LogP contribution in [0.3, 0.4) is 0 Å². The molecule has 1 amide bonds. The average molecular weight is 151 g/mol. The number of nitrogens with one attached hydrogen (secondary N) is 1. The van der Waals surface area contributed by atoms with Crippen molar-refractivity contribution in [2.24, 2.45) is 5.92 Å². The van der Waals surface area contributed by atoms with E-state index < -0.39 is 0 Å². The molecule has 0 fully saturated rings. The Morgan fingerprint density at radius 3 is 2.73 bits per heavy atom. The fraction of sp³-hybridized carbons (Fsp3) is 0.444. The Morgan fingerprint density at radius 2 is 2.09 bits per heavy atom. The molecular weight excluding hydrogens is 138 g/mol. The average Bonchev–Trinajstić information content (AvgIpc) is 1.93. The van der Waals surface area contributed by atoms with Gasteiger partial charge >= 0.3 is 0 Å². The van der Waals surface area contributed by atoms with E-state index in [1.54, 1.807) is 0 Å². The van der Waals surface area contributed by atoms with Gasteiger partial charge in [0.2, 0.25) is 5.91 Å². The zero-order valence-corrected chi connectivity index (χ0v) is 7.14. The molecule has 1 N–H and O–H groups in total. The van der Waals surface area contributed by atoms with Gasteiger partial charge in [-0.05, 0) is 19.9 Å². The Morgan fingerprint density at radius 1 is 1.45 bits per heavy atom. The molecule has 1 heterocycles. The summed E-state index contributed by atoms with van der Waals surface area (Å²) in [6, 6.07) is 0. The first-order valence-electron chi connectivity index (χ1n) is 3.77. The molecule has 2 heteroatoms. The SMILES string of the molecule is CC1=C[C@@H](C)C(=O)NC(C)=C1. The molecule has 60 valence electrons. The number of carbonyl (C=O) groups is 1. The van der Waals surface area contributed by atoms with Crippen LogP contribution in [-0.4, -0.2) is 5.91 Å². The van der Waals surface area contributed by atoms with Gasteiger partial charge in [0.05, 0.1) is 5.92 Å². The van der Waals surface area contributed by atoms with Crippen LogP contribution in [-0.2, 0) is 4.79 Å². The third-order valence-electron chi connectivity index (χ3n) is 1.69. The lowest BCUT2D eigenvalue weighted by Crippen LogP contribution is -2.25. The summed E-state index contributed by atoms with van der Waals surface area (Å²) < 4.78 is 0. The van der Waals surface area contributed by atoms with E-state index in [1.165, 1.54) is 0 Å². The second-order valence-electron chi connectivity index (χ2n) is 3.02. The molecule has 0 aromatic carbocycles. The number of rotatable bonds is 0. The lowest BCUT2D eigenvalue weighted by molar-refractivity contribution is -0.122. The second-order valence-corrected chi connectivity index (χ2v) is 3.02. The van der Waals surface area contributed by atoms with Gasteiger partial charge in [0.15, 0.2) is 0 Å². The minimum absolute atomic E-state index is 0.0105. The highest BCUT2D eigenvalue weighted by Crippen LogP contribution is 2.10. The number of allylic oxidation sites excluding steroid dienone is 3. The molecule has 11 heavy (non-hydrogen) atoms. The topological polar surface area (TPSA) is 29.1 Å². The van der Waals surface area contributed by atoms with Gasteiger partial charge in [-0.2, -0.15) is 0 Å². The van der Waals surface area contributed by atoms with Gasteiger partial charge in [-0.1, -0.05) is 18.6 Å². The Bertz CT molecular complexity index is 238. The standard InChI is InChI=1S/C9H13NO/c1-6-4-7(2)9(11)10-8(3)5-6/h4-5,7H,1-3H3,(H,10,11)/t7-/m1/s1. The third-order valence-corrected chi connectivity index (χ3v) is 1.69. The van der Waals surface area contributed by atoms with Crippen molar-refractivity contribution in [1.29, 1.82) is 0 Å². The zero-order valence-electron chi connectivity index (χ0n) is 7.14. The van der Waals surface area contributed by atoms with Crippen LogP contribution in [0, 0.1) is 5.92 Å². The van der Waals surface area contributed by atoms with Crippen LogP contribution >= 0.6 is 0 Å². The number of amides is 1. The molecule has 0 saturated carbocycles.